The molecule has 0 spiro atoms. The van der Waals surface area contributed by atoms with Crippen LogP contribution < -0.4 is 9.30 Å². The Morgan fingerprint density at radius 3 is 2.32 bits per heavy atom. The minimum atomic E-state index is -0.451. The molecule has 6 rings (SSSR count). The molecule has 0 atom stereocenters. The largest absolute Gasteiger partial charge is 0.455 e. The second-order valence-corrected chi connectivity index (χ2v) is 14.2. The zero-order valence-electron chi connectivity index (χ0n) is 26.0. The summed E-state index contributed by atoms with van der Waals surface area (Å²) in [5.41, 5.74) is 7.16. The maximum absolute atomic E-state index is 9.79. The zero-order valence-corrected chi connectivity index (χ0v) is 26.0. The number of hydrogen-bond acceptors (Lipinski definition) is 2. The molecule has 1 aliphatic heterocycles. The topological polar surface area (TPSA) is 36.9 Å². The Labute approximate surface area is 244 Å². The number of benzene rings is 4. The van der Waals surface area contributed by atoms with Gasteiger partial charge in [0.1, 0.15) is 18.5 Å². The van der Waals surface area contributed by atoms with Gasteiger partial charge < -0.3 is 4.74 Å². The van der Waals surface area contributed by atoms with Gasteiger partial charge in [-0.2, -0.15) is 5.26 Å². The maximum Gasteiger partial charge on any atom is 0.228 e. The SMILES string of the molecule is Cc1c2c(c(CC(C)(C)C)c3ccc(C(C)C)cc13)Oc1cc3c(CC(C)(C)C#N)cccc3c3cc[n+](C)c-2c13. The van der Waals surface area contributed by atoms with Crippen molar-refractivity contribution in [3.8, 4) is 28.8 Å². The van der Waals surface area contributed by atoms with Crippen molar-refractivity contribution in [3.63, 3.8) is 0 Å². The molecule has 0 N–H and O–H groups in total. The van der Waals surface area contributed by atoms with Crippen molar-refractivity contribution < 1.29 is 9.30 Å². The Morgan fingerprint density at radius 1 is 0.878 bits per heavy atom. The molecule has 1 aliphatic rings. The molecule has 41 heavy (non-hydrogen) atoms. The van der Waals surface area contributed by atoms with Gasteiger partial charge >= 0.3 is 0 Å². The van der Waals surface area contributed by atoms with E-state index in [2.05, 4.69) is 114 Å². The van der Waals surface area contributed by atoms with Gasteiger partial charge in [0, 0.05) is 17.0 Å². The summed E-state index contributed by atoms with van der Waals surface area (Å²) in [5, 5.41) is 17.1. The number of aromatic nitrogens is 1. The van der Waals surface area contributed by atoms with Gasteiger partial charge in [0.15, 0.2) is 6.20 Å². The first-order chi connectivity index (χ1) is 19.3. The van der Waals surface area contributed by atoms with Crippen LogP contribution in [-0.2, 0) is 19.9 Å². The number of fused-ring (bicyclic) bond motifs is 5. The van der Waals surface area contributed by atoms with Crippen molar-refractivity contribution in [2.24, 2.45) is 17.9 Å². The second kappa shape index (κ2) is 9.31. The highest BCUT2D eigenvalue weighted by atomic mass is 16.5. The number of nitrogens with zero attached hydrogens (tertiary/aromatic N) is 2. The van der Waals surface area contributed by atoms with E-state index in [1.165, 1.54) is 55.1 Å². The minimum Gasteiger partial charge on any atom is -0.455 e. The van der Waals surface area contributed by atoms with Crippen LogP contribution in [0.5, 0.6) is 11.5 Å². The van der Waals surface area contributed by atoms with Gasteiger partial charge in [-0.05, 0) is 89.2 Å². The Kier molecular flexibility index (Phi) is 6.20. The molecule has 4 aromatic carbocycles. The Morgan fingerprint density at radius 2 is 1.63 bits per heavy atom. The van der Waals surface area contributed by atoms with Crippen molar-refractivity contribution in [3.05, 3.63) is 77.0 Å². The molecule has 0 aliphatic carbocycles. The van der Waals surface area contributed by atoms with E-state index in [9.17, 15) is 5.26 Å². The Bertz CT molecular complexity index is 1930. The van der Waals surface area contributed by atoms with E-state index in [4.69, 9.17) is 4.74 Å². The first-order valence-corrected chi connectivity index (χ1v) is 14.8. The van der Waals surface area contributed by atoms with Gasteiger partial charge in [0.2, 0.25) is 5.69 Å². The highest BCUT2D eigenvalue weighted by Gasteiger charge is 2.35. The standard InChI is InChI=1S/C38H41N2O/c1-22(2)24-13-14-27-29(17-24)23(3)33-35-34-28(15-16-40(35)9)26-12-10-11-25(19-38(7,8)21-39)30(26)18-32(34)41-36(33)31(27)20-37(4,5)6/h10-18,22H,19-20H2,1-9H3/q+1. The van der Waals surface area contributed by atoms with Crippen molar-refractivity contribution in [2.75, 3.05) is 0 Å². The number of nitriles is 1. The summed E-state index contributed by atoms with van der Waals surface area (Å²) >= 11 is 0. The second-order valence-electron chi connectivity index (χ2n) is 14.2. The van der Waals surface area contributed by atoms with Crippen LogP contribution in [0.2, 0.25) is 0 Å². The number of pyridine rings is 1. The van der Waals surface area contributed by atoms with Gasteiger partial charge in [0.05, 0.1) is 22.4 Å². The molecule has 1 aromatic heterocycles. The first-order valence-electron chi connectivity index (χ1n) is 14.8. The van der Waals surface area contributed by atoms with Crippen LogP contribution in [0.15, 0.2) is 54.7 Å². The molecular formula is C38H41N2O+. The molecular weight excluding hydrogens is 500 g/mol. The van der Waals surface area contributed by atoms with Gasteiger partial charge in [-0.3, -0.25) is 0 Å². The fraction of sp³-hybridized carbons (Fsp3) is 0.368. The van der Waals surface area contributed by atoms with E-state index in [-0.39, 0.29) is 5.41 Å². The summed E-state index contributed by atoms with van der Waals surface area (Å²) in [6, 6.07) is 20.5. The highest BCUT2D eigenvalue weighted by Crippen LogP contribution is 2.53. The number of hydrogen-bond donors (Lipinski definition) is 0. The molecule has 3 heteroatoms. The van der Waals surface area contributed by atoms with Gasteiger partial charge in [-0.15, -0.1) is 0 Å². The molecule has 208 valence electrons. The van der Waals surface area contributed by atoms with Crippen LogP contribution in [-0.4, -0.2) is 0 Å². The monoisotopic (exact) mass is 541 g/mol. The smallest absolute Gasteiger partial charge is 0.228 e. The van der Waals surface area contributed by atoms with Crippen LogP contribution >= 0.6 is 0 Å². The predicted octanol–water partition coefficient (Wildman–Crippen LogP) is 9.86. The summed E-state index contributed by atoms with van der Waals surface area (Å²) < 4.78 is 9.36. The normalized spacial score (nSPS) is 13.1. The quantitative estimate of drug-likeness (QED) is 0.164. The molecule has 0 unspecified atom stereocenters. The number of ether oxygens (including phenoxy) is 1. The maximum atomic E-state index is 9.79. The third-order valence-corrected chi connectivity index (χ3v) is 8.74. The van der Waals surface area contributed by atoms with Crippen LogP contribution in [0, 0.1) is 29.1 Å². The van der Waals surface area contributed by atoms with Crippen LogP contribution in [0.25, 0.3) is 43.6 Å². The van der Waals surface area contributed by atoms with Crippen LogP contribution in [0.1, 0.15) is 76.6 Å². The lowest BCUT2D eigenvalue weighted by Crippen LogP contribution is -2.32. The minimum absolute atomic E-state index is 0.0872. The van der Waals surface area contributed by atoms with Crippen molar-refractivity contribution in [2.45, 2.75) is 74.1 Å². The fourth-order valence-electron chi connectivity index (χ4n) is 6.68. The van der Waals surface area contributed by atoms with E-state index < -0.39 is 5.41 Å². The average Bonchev–Trinajstić information content (AvgIpc) is 2.91. The highest BCUT2D eigenvalue weighted by molar-refractivity contribution is 6.16. The van der Waals surface area contributed by atoms with Gasteiger partial charge in [0.25, 0.3) is 0 Å². The average molecular weight is 542 g/mol. The molecule has 2 heterocycles. The lowest BCUT2D eigenvalue weighted by molar-refractivity contribution is -0.659. The summed E-state index contributed by atoms with van der Waals surface area (Å²) in [4.78, 5) is 0. The molecule has 0 amide bonds. The lowest BCUT2D eigenvalue weighted by atomic mass is 9.80. The van der Waals surface area contributed by atoms with Gasteiger partial charge in [-0.25, -0.2) is 4.57 Å². The van der Waals surface area contributed by atoms with E-state index in [0.29, 0.717) is 12.3 Å². The molecule has 0 saturated heterocycles. The molecule has 5 aromatic rings. The Balaban J connectivity index is 1.74. The summed E-state index contributed by atoms with van der Waals surface area (Å²) in [6.45, 7) is 17.7. The summed E-state index contributed by atoms with van der Waals surface area (Å²) in [5.74, 6) is 2.36. The number of rotatable bonds is 4. The van der Waals surface area contributed by atoms with E-state index in [1.807, 2.05) is 13.8 Å². The predicted molar refractivity (Wildman–Crippen MR) is 171 cm³/mol. The molecule has 0 bridgehead atoms. The summed E-state index contributed by atoms with van der Waals surface area (Å²) in [6.07, 6.45) is 3.80. The first kappa shape index (κ1) is 27.3. The molecule has 0 fully saturated rings. The molecule has 0 saturated carbocycles. The van der Waals surface area contributed by atoms with Gasteiger partial charge in [-0.1, -0.05) is 71.0 Å². The van der Waals surface area contributed by atoms with Crippen molar-refractivity contribution >= 4 is 32.3 Å². The molecule has 0 radical (unpaired) electrons. The van der Waals surface area contributed by atoms with E-state index in [1.54, 1.807) is 0 Å². The summed E-state index contributed by atoms with van der Waals surface area (Å²) in [7, 11) is 2.15. The van der Waals surface area contributed by atoms with Crippen molar-refractivity contribution in [1.29, 1.82) is 5.26 Å². The fourth-order valence-corrected chi connectivity index (χ4v) is 6.68. The Hall–Kier alpha value is -3.90. The number of aryl methyl sites for hydroxylation is 2. The third-order valence-electron chi connectivity index (χ3n) is 8.74. The van der Waals surface area contributed by atoms with E-state index >= 15 is 0 Å². The third kappa shape index (κ3) is 4.45. The zero-order chi connectivity index (χ0) is 29.4. The molecule has 3 nitrogen and oxygen atoms in total. The van der Waals surface area contributed by atoms with Crippen LogP contribution in [0.3, 0.4) is 0 Å². The van der Waals surface area contributed by atoms with E-state index in [0.717, 1.165) is 28.7 Å². The van der Waals surface area contributed by atoms with Crippen LogP contribution in [0.4, 0.5) is 0 Å². The van der Waals surface area contributed by atoms with Crippen molar-refractivity contribution in [1.82, 2.24) is 0 Å². The lowest BCUT2D eigenvalue weighted by Gasteiger charge is -2.29.